The van der Waals surface area contributed by atoms with Gasteiger partial charge in [0.25, 0.3) is 0 Å². The van der Waals surface area contributed by atoms with Gasteiger partial charge in [-0.3, -0.25) is 9.59 Å². The maximum Gasteiger partial charge on any atom is 0.335 e. The topological polar surface area (TPSA) is 126 Å². The van der Waals surface area contributed by atoms with Crippen molar-refractivity contribution in [2.75, 3.05) is 16.4 Å². The van der Waals surface area contributed by atoms with Gasteiger partial charge < -0.3 is 20.3 Å². The summed E-state index contributed by atoms with van der Waals surface area (Å²) in [4.78, 5) is 35.4. The third-order valence-electron chi connectivity index (χ3n) is 4.30. The third-order valence-corrected chi connectivity index (χ3v) is 5.27. The van der Waals surface area contributed by atoms with Gasteiger partial charge in [-0.25, -0.2) is 9.18 Å². The summed E-state index contributed by atoms with van der Waals surface area (Å²) in [5.74, 6) is -1.55. The minimum atomic E-state index is -1.04. The number of thioether (sulfide) groups is 1. The molecule has 0 saturated heterocycles. The van der Waals surface area contributed by atoms with E-state index in [-0.39, 0.29) is 29.6 Å². The molecule has 166 valence electrons. The molecule has 0 unspecified atom stereocenters. The van der Waals surface area contributed by atoms with E-state index in [1.165, 1.54) is 60.3 Å². The number of hydrogen-bond donors (Lipinski definition) is 3. The molecule has 11 heteroatoms. The highest BCUT2D eigenvalue weighted by Crippen LogP contribution is 2.19. The first-order valence-electron chi connectivity index (χ1n) is 9.59. The number of benzene rings is 2. The van der Waals surface area contributed by atoms with Crippen LogP contribution in [0.5, 0.6) is 0 Å². The van der Waals surface area contributed by atoms with Crippen molar-refractivity contribution < 1.29 is 23.9 Å². The number of carbonyl (C=O) groups is 3. The Hall–Kier alpha value is -3.73. The van der Waals surface area contributed by atoms with Crippen LogP contribution in [0.4, 0.5) is 15.8 Å². The number of carbonyl (C=O) groups excluding carboxylic acids is 2. The van der Waals surface area contributed by atoms with Crippen LogP contribution in [0.25, 0.3) is 0 Å². The van der Waals surface area contributed by atoms with Gasteiger partial charge in [0.05, 0.1) is 17.7 Å². The predicted molar refractivity (Wildman–Crippen MR) is 117 cm³/mol. The molecule has 0 aliphatic carbocycles. The van der Waals surface area contributed by atoms with Crippen molar-refractivity contribution in [2.24, 2.45) is 0 Å². The zero-order valence-corrected chi connectivity index (χ0v) is 17.9. The van der Waals surface area contributed by atoms with Crippen molar-refractivity contribution in [3.05, 3.63) is 65.7 Å². The molecule has 3 rings (SSSR count). The van der Waals surface area contributed by atoms with Crippen LogP contribution in [0.3, 0.4) is 0 Å². The van der Waals surface area contributed by atoms with Crippen molar-refractivity contribution in [1.29, 1.82) is 0 Å². The molecule has 3 aromatic rings. The first-order valence-corrected chi connectivity index (χ1v) is 10.6. The summed E-state index contributed by atoms with van der Waals surface area (Å²) in [5.41, 5.74) is 1.08. The molecule has 3 N–H and O–H groups in total. The molecule has 32 heavy (non-hydrogen) atoms. The summed E-state index contributed by atoms with van der Waals surface area (Å²) in [6, 6.07) is 11.3. The first kappa shape index (κ1) is 22.9. The highest BCUT2D eigenvalue weighted by molar-refractivity contribution is 7.99. The van der Waals surface area contributed by atoms with Gasteiger partial charge in [-0.15, -0.1) is 10.2 Å². The second-order valence-corrected chi connectivity index (χ2v) is 7.54. The highest BCUT2D eigenvalue weighted by Gasteiger charge is 2.16. The predicted octanol–water partition coefficient (Wildman–Crippen LogP) is 3.05. The van der Waals surface area contributed by atoms with Crippen LogP contribution in [-0.4, -0.2) is 43.4 Å². The van der Waals surface area contributed by atoms with Crippen LogP contribution >= 0.6 is 11.8 Å². The summed E-state index contributed by atoms with van der Waals surface area (Å²) in [6.07, 6.45) is -0.0269. The third kappa shape index (κ3) is 6.14. The molecule has 1 aromatic heterocycles. The van der Waals surface area contributed by atoms with Crippen molar-refractivity contribution in [3.8, 4) is 0 Å². The summed E-state index contributed by atoms with van der Waals surface area (Å²) in [6.45, 7) is 2.38. The first-order chi connectivity index (χ1) is 15.4. The number of amides is 2. The minimum Gasteiger partial charge on any atom is -0.478 e. The molecular weight excluding hydrogens is 437 g/mol. The molecule has 0 fully saturated rings. The van der Waals surface area contributed by atoms with Crippen molar-refractivity contribution >= 4 is 40.9 Å². The van der Waals surface area contributed by atoms with Gasteiger partial charge in [0.2, 0.25) is 11.8 Å². The fourth-order valence-electron chi connectivity index (χ4n) is 2.78. The minimum absolute atomic E-state index is 0.0269. The molecule has 1 heterocycles. The lowest BCUT2D eigenvalue weighted by Crippen LogP contribution is -2.18. The second-order valence-electron chi connectivity index (χ2n) is 6.59. The maximum atomic E-state index is 13.0. The Morgan fingerprint density at radius 2 is 1.56 bits per heavy atom. The van der Waals surface area contributed by atoms with Gasteiger partial charge in [0.1, 0.15) is 11.6 Å². The van der Waals surface area contributed by atoms with E-state index in [1.807, 2.05) is 6.92 Å². The van der Waals surface area contributed by atoms with Gasteiger partial charge in [-0.2, -0.15) is 0 Å². The number of carboxylic acid groups (broad SMARTS) is 1. The van der Waals surface area contributed by atoms with Crippen LogP contribution < -0.4 is 10.6 Å². The molecule has 0 atom stereocenters. The summed E-state index contributed by atoms with van der Waals surface area (Å²) in [5, 5.41) is 22.9. The van der Waals surface area contributed by atoms with Crippen LogP contribution in [0.15, 0.2) is 53.7 Å². The average Bonchev–Trinajstić information content (AvgIpc) is 3.15. The van der Waals surface area contributed by atoms with E-state index in [9.17, 15) is 18.8 Å². The van der Waals surface area contributed by atoms with E-state index >= 15 is 0 Å². The zero-order valence-electron chi connectivity index (χ0n) is 17.0. The highest BCUT2D eigenvalue weighted by atomic mass is 32.2. The fraction of sp³-hybridized carbons (Fsp3) is 0.190. The van der Waals surface area contributed by atoms with Crippen LogP contribution in [-0.2, 0) is 22.6 Å². The van der Waals surface area contributed by atoms with E-state index in [1.54, 1.807) is 4.57 Å². The van der Waals surface area contributed by atoms with Gasteiger partial charge >= 0.3 is 5.97 Å². The molecule has 2 amide bonds. The lowest BCUT2D eigenvalue weighted by Gasteiger charge is -2.08. The van der Waals surface area contributed by atoms with Crippen LogP contribution in [0.1, 0.15) is 23.1 Å². The van der Waals surface area contributed by atoms with E-state index in [4.69, 9.17) is 5.11 Å². The summed E-state index contributed by atoms with van der Waals surface area (Å²) < 4.78 is 14.7. The van der Waals surface area contributed by atoms with Gasteiger partial charge in [0, 0.05) is 17.9 Å². The van der Waals surface area contributed by atoms with E-state index in [2.05, 4.69) is 20.8 Å². The van der Waals surface area contributed by atoms with E-state index < -0.39 is 11.8 Å². The van der Waals surface area contributed by atoms with E-state index in [0.717, 1.165) is 0 Å². The quantitative estimate of drug-likeness (QED) is 0.422. The van der Waals surface area contributed by atoms with Crippen LogP contribution in [0.2, 0.25) is 0 Å². The van der Waals surface area contributed by atoms with Crippen LogP contribution in [0, 0.1) is 5.82 Å². The summed E-state index contributed by atoms with van der Waals surface area (Å²) in [7, 11) is 0. The lowest BCUT2D eigenvalue weighted by molar-refractivity contribution is -0.116. The number of rotatable bonds is 9. The Labute approximate surface area is 187 Å². The molecule has 0 bridgehead atoms. The standard InChI is InChI=1S/C21H20FN5O4S/c1-2-27-17(11-18(28)23-16-9-5-14(22)6-10-16)25-26-21(27)32-12-19(29)24-15-7-3-13(4-8-15)20(30)31/h3-10H,2,11-12H2,1H3,(H,23,28)(H,24,29)(H,30,31). The lowest BCUT2D eigenvalue weighted by atomic mass is 10.2. The van der Waals surface area contributed by atoms with E-state index in [0.29, 0.717) is 28.9 Å². The number of nitrogens with zero attached hydrogens (tertiary/aromatic N) is 3. The summed E-state index contributed by atoms with van der Waals surface area (Å²) >= 11 is 1.17. The second kappa shape index (κ2) is 10.5. The molecule has 0 aliphatic rings. The average molecular weight is 457 g/mol. The Bertz CT molecular complexity index is 1120. The number of nitrogens with one attached hydrogen (secondary N) is 2. The van der Waals surface area contributed by atoms with Crippen molar-refractivity contribution in [3.63, 3.8) is 0 Å². The van der Waals surface area contributed by atoms with Gasteiger partial charge in [-0.05, 0) is 55.5 Å². The SMILES string of the molecule is CCn1c(CC(=O)Nc2ccc(F)cc2)nnc1SCC(=O)Nc1ccc(C(=O)O)cc1. The monoisotopic (exact) mass is 457 g/mol. The normalized spacial score (nSPS) is 10.6. The maximum absolute atomic E-state index is 13.0. The number of hydrogen-bond acceptors (Lipinski definition) is 6. The largest absolute Gasteiger partial charge is 0.478 e. The molecule has 9 nitrogen and oxygen atoms in total. The smallest absolute Gasteiger partial charge is 0.335 e. The Morgan fingerprint density at radius 1 is 0.969 bits per heavy atom. The molecule has 0 spiro atoms. The Balaban J connectivity index is 1.55. The number of anilines is 2. The molecule has 0 aliphatic heterocycles. The van der Waals surface area contributed by atoms with Crippen molar-refractivity contribution in [2.45, 2.75) is 25.0 Å². The number of aromatic nitrogens is 3. The molecular formula is C21H20FN5O4S. The number of aromatic carboxylic acids is 1. The van der Waals surface area contributed by atoms with Gasteiger partial charge in [-0.1, -0.05) is 11.8 Å². The molecule has 2 aromatic carbocycles. The fourth-order valence-corrected chi connectivity index (χ4v) is 3.60. The number of halogens is 1. The zero-order chi connectivity index (χ0) is 23.1. The molecule has 0 radical (unpaired) electrons. The Kier molecular flexibility index (Phi) is 7.55. The van der Waals surface area contributed by atoms with Gasteiger partial charge in [0.15, 0.2) is 5.16 Å². The molecule has 0 saturated carbocycles. The Morgan fingerprint density at radius 3 is 2.16 bits per heavy atom. The van der Waals surface area contributed by atoms with Crippen molar-refractivity contribution in [1.82, 2.24) is 14.8 Å². The number of carboxylic acids is 1.